The lowest BCUT2D eigenvalue weighted by Crippen LogP contribution is -2.30. The van der Waals surface area contributed by atoms with E-state index in [0.717, 1.165) is 63.7 Å². The van der Waals surface area contributed by atoms with Crippen LogP contribution in [0.5, 0.6) is 0 Å². The summed E-state index contributed by atoms with van der Waals surface area (Å²) in [5.41, 5.74) is 0. The molecule has 0 aliphatic rings. The van der Waals surface area contributed by atoms with Crippen molar-refractivity contribution in [2.24, 2.45) is 5.92 Å². The second-order valence-electron chi connectivity index (χ2n) is 21.2. The van der Waals surface area contributed by atoms with Gasteiger partial charge in [0.25, 0.3) is 0 Å². The fourth-order valence-electron chi connectivity index (χ4n) is 9.42. The first kappa shape index (κ1) is 65.4. The fourth-order valence-corrected chi connectivity index (χ4v) is 9.42. The number of hydrogen-bond donors (Lipinski definition) is 0. The highest BCUT2D eigenvalue weighted by Crippen LogP contribution is 2.19. The molecule has 0 heterocycles. The van der Waals surface area contributed by atoms with Crippen LogP contribution < -0.4 is 0 Å². The monoisotopic (exact) mass is 947 g/mol. The average Bonchev–Trinajstić information content (AvgIpc) is 3.33. The van der Waals surface area contributed by atoms with E-state index in [1.165, 1.54) is 244 Å². The van der Waals surface area contributed by atoms with Gasteiger partial charge in [-0.15, -0.1) is 0 Å². The summed E-state index contributed by atoms with van der Waals surface area (Å²) in [6, 6.07) is 0. The number of carbonyl (C=O) groups is 3. The van der Waals surface area contributed by atoms with Crippen LogP contribution in [0.1, 0.15) is 349 Å². The van der Waals surface area contributed by atoms with E-state index in [1.54, 1.807) is 0 Å². The molecule has 0 saturated carbocycles. The van der Waals surface area contributed by atoms with Crippen LogP contribution >= 0.6 is 0 Å². The first-order valence-corrected chi connectivity index (χ1v) is 30.4. The van der Waals surface area contributed by atoms with Gasteiger partial charge in [0.05, 0.1) is 0 Å². The number of unbranched alkanes of at least 4 members (excludes halogenated alkanes) is 42. The van der Waals surface area contributed by atoms with Crippen molar-refractivity contribution in [1.29, 1.82) is 0 Å². The van der Waals surface area contributed by atoms with Gasteiger partial charge in [0.15, 0.2) is 6.10 Å². The third kappa shape index (κ3) is 53.6. The minimum absolute atomic E-state index is 0.0620. The molecule has 0 N–H and O–H groups in total. The average molecular weight is 948 g/mol. The summed E-state index contributed by atoms with van der Waals surface area (Å²) in [6.45, 7) is 9.07. The Morgan fingerprint density at radius 3 is 0.776 bits per heavy atom. The van der Waals surface area contributed by atoms with E-state index in [9.17, 15) is 14.4 Å². The van der Waals surface area contributed by atoms with E-state index in [0.29, 0.717) is 19.3 Å². The summed E-state index contributed by atoms with van der Waals surface area (Å²) in [7, 11) is 0. The van der Waals surface area contributed by atoms with Gasteiger partial charge < -0.3 is 14.2 Å². The quantitative estimate of drug-likeness (QED) is 0.0343. The van der Waals surface area contributed by atoms with Crippen LogP contribution in [0.15, 0.2) is 0 Å². The van der Waals surface area contributed by atoms with Crippen molar-refractivity contribution in [1.82, 2.24) is 0 Å². The van der Waals surface area contributed by atoms with Crippen LogP contribution in [0.4, 0.5) is 0 Å². The zero-order valence-corrected chi connectivity index (χ0v) is 45.9. The van der Waals surface area contributed by atoms with E-state index in [-0.39, 0.29) is 31.1 Å². The lowest BCUT2D eigenvalue weighted by atomic mass is 9.99. The highest BCUT2D eigenvalue weighted by atomic mass is 16.6. The molecular weight excluding hydrogens is 829 g/mol. The molecule has 0 aliphatic heterocycles. The molecule has 0 fully saturated rings. The van der Waals surface area contributed by atoms with Crippen molar-refractivity contribution < 1.29 is 28.6 Å². The Hall–Kier alpha value is -1.59. The lowest BCUT2D eigenvalue weighted by molar-refractivity contribution is -0.167. The summed E-state index contributed by atoms with van der Waals surface area (Å²) in [4.78, 5) is 38.2. The van der Waals surface area contributed by atoms with Crippen LogP contribution in [0.25, 0.3) is 0 Å². The van der Waals surface area contributed by atoms with Crippen LogP contribution in [0, 0.1) is 5.92 Å². The predicted octanol–water partition coefficient (Wildman–Crippen LogP) is 20.2. The van der Waals surface area contributed by atoms with Crippen molar-refractivity contribution in [3.05, 3.63) is 0 Å². The minimum atomic E-state index is -0.763. The van der Waals surface area contributed by atoms with Crippen molar-refractivity contribution >= 4 is 17.9 Å². The second-order valence-corrected chi connectivity index (χ2v) is 21.2. The summed E-state index contributed by atoms with van der Waals surface area (Å²) in [5, 5.41) is 0. The van der Waals surface area contributed by atoms with Crippen LogP contribution in [0.3, 0.4) is 0 Å². The number of ether oxygens (including phenoxy) is 3. The van der Waals surface area contributed by atoms with E-state index < -0.39 is 6.10 Å². The SMILES string of the molecule is CCCCCCCCCCCCCCCCCCCCCC(=O)OC[C@H](COC(=O)CCCCCCCCCCC(C)CC)OC(=O)CCCCCCCCCCCCCCCCCCCC. The number of hydrogen-bond acceptors (Lipinski definition) is 6. The van der Waals surface area contributed by atoms with Crippen molar-refractivity contribution in [3.8, 4) is 0 Å². The maximum Gasteiger partial charge on any atom is 0.306 e. The van der Waals surface area contributed by atoms with Gasteiger partial charge in [0.2, 0.25) is 0 Å². The largest absolute Gasteiger partial charge is 0.462 e. The lowest BCUT2D eigenvalue weighted by Gasteiger charge is -2.18. The molecule has 6 heteroatoms. The van der Waals surface area contributed by atoms with Gasteiger partial charge in [0, 0.05) is 19.3 Å². The molecule has 0 aromatic heterocycles. The molecule has 0 aromatic rings. The Morgan fingerprint density at radius 2 is 0.522 bits per heavy atom. The van der Waals surface area contributed by atoms with Crippen LogP contribution in [0.2, 0.25) is 0 Å². The fraction of sp³-hybridized carbons (Fsp3) is 0.951. The van der Waals surface area contributed by atoms with Gasteiger partial charge in [-0.25, -0.2) is 0 Å². The van der Waals surface area contributed by atoms with Gasteiger partial charge >= 0.3 is 17.9 Å². The third-order valence-electron chi connectivity index (χ3n) is 14.4. The molecule has 0 aliphatic carbocycles. The Kier molecular flexibility index (Phi) is 54.0. The van der Waals surface area contributed by atoms with Gasteiger partial charge in [-0.2, -0.15) is 0 Å². The first-order valence-electron chi connectivity index (χ1n) is 30.4. The predicted molar refractivity (Wildman–Crippen MR) is 289 cm³/mol. The molecular formula is C61H118O6. The van der Waals surface area contributed by atoms with Gasteiger partial charge in [-0.1, -0.05) is 310 Å². The van der Waals surface area contributed by atoms with Gasteiger partial charge in [-0.05, 0) is 25.2 Å². The Bertz CT molecular complexity index is 1010. The smallest absolute Gasteiger partial charge is 0.306 e. The second kappa shape index (κ2) is 55.3. The molecule has 0 spiro atoms. The molecule has 0 aromatic carbocycles. The molecule has 0 saturated heterocycles. The molecule has 67 heavy (non-hydrogen) atoms. The van der Waals surface area contributed by atoms with E-state index in [2.05, 4.69) is 27.7 Å². The van der Waals surface area contributed by atoms with E-state index in [4.69, 9.17) is 14.2 Å². The number of carbonyl (C=O) groups excluding carboxylic acids is 3. The molecule has 0 amide bonds. The van der Waals surface area contributed by atoms with Crippen molar-refractivity contribution in [2.75, 3.05) is 13.2 Å². The summed E-state index contributed by atoms with van der Waals surface area (Å²) in [5.74, 6) is 0.0131. The maximum absolute atomic E-state index is 12.9. The van der Waals surface area contributed by atoms with Crippen LogP contribution in [-0.4, -0.2) is 37.2 Å². The Morgan fingerprint density at radius 1 is 0.299 bits per heavy atom. The molecule has 0 rings (SSSR count). The number of esters is 3. The van der Waals surface area contributed by atoms with E-state index in [1.807, 2.05) is 0 Å². The van der Waals surface area contributed by atoms with Crippen molar-refractivity contribution in [2.45, 2.75) is 355 Å². The molecule has 398 valence electrons. The molecule has 0 bridgehead atoms. The minimum Gasteiger partial charge on any atom is -0.462 e. The number of rotatable bonds is 56. The van der Waals surface area contributed by atoms with Gasteiger partial charge in [0.1, 0.15) is 13.2 Å². The van der Waals surface area contributed by atoms with Gasteiger partial charge in [-0.3, -0.25) is 14.4 Å². The zero-order chi connectivity index (χ0) is 48.8. The molecule has 0 radical (unpaired) electrons. The van der Waals surface area contributed by atoms with Crippen LogP contribution in [-0.2, 0) is 28.6 Å². The molecule has 1 unspecified atom stereocenters. The Labute approximate surface area is 418 Å². The summed E-state index contributed by atoms with van der Waals surface area (Å²) < 4.78 is 16.9. The highest BCUT2D eigenvalue weighted by molar-refractivity contribution is 5.71. The standard InChI is InChI=1S/C61H118O6/c1-5-8-10-12-14-16-18-20-22-24-26-28-29-31-33-35-40-44-48-52-59(62)65-55-58(56-66-60(63)53-49-45-41-38-37-39-43-47-51-57(4)7-3)67-61(64)54-50-46-42-36-34-32-30-27-25-23-21-19-17-15-13-11-9-6-2/h57-58H,5-56H2,1-4H3/t57?,58-/m1/s1. The highest BCUT2D eigenvalue weighted by Gasteiger charge is 2.19. The normalized spacial score (nSPS) is 12.4. The molecule has 2 atom stereocenters. The van der Waals surface area contributed by atoms with Crippen molar-refractivity contribution in [3.63, 3.8) is 0 Å². The topological polar surface area (TPSA) is 78.9 Å². The molecule has 6 nitrogen and oxygen atoms in total. The van der Waals surface area contributed by atoms with E-state index >= 15 is 0 Å². The summed E-state index contributed by atoms with van der Waals surface area (Å²) >= 11 is 0. The third-order valence-corrected chi connectivity index (χ3v) is 14.4. The first-order chi connectivity index (χ1) is 32.9. The zero-order valence-electron chi connectivity index (χ0n) is 45.9. The Balaban J connectivity index is 4.26. The maximum atomic E-state index is 12.9. The summed E-state index contributed by atoms with van der Waals surface area (Å²) in [6.07, 6.45) is 61.0.